The molecule has 18 heavy (non-hydrogen) atoms. The Morgan fingerprint density at radius 2 is 2.06 bits per heavy atom. The summed E-state index contributed by atoms with van der Waals surface area (Å²) < 4.78 is 1.28. The fraction of sp³-hybridized carbons (Fsp3) is 0.357. The van der Waals surface area contributed by atoms with E-state index in [1.807, 2.05) is 6.20 Å². The number of hydrogen-bond acceptors (Lipinski definition) is 3. The number of rotatable bonds is 5. The number of aryl methyl sites for hydroxylation is 1. The topological polar surface area (TPSA) is 24.9 Å². The smallest absolute Gasteiger partial charge is 0.0897 e. The second-order valence-corrected chi connectivity index (χ2v) is 6.73. The first-order chi connectivity index (χ1) is 8.69. The van der Waals surface area contributed by atoms with Crippen molar-refractivity contribution in [1.82, 2.24) is 10.3 Å². The minimum absolute atomic E-state index is 0.376. The molecular formula is C14H17IN2S. The van der Waals surface area contributed by atoms with Gasteiger partial charge in [0.1, 0.15) is 0 Å². The molecule has 0 bridgehead atoms. The number of nitrogens with one attached hydrogen (secondary N) is 1. The molecule has 1 atom stereocenters. The van der Waals surface area contributed by atoms with Crippen LogP contribution in [0.3, 0.4) is 0 Å². The molecule has 0 aliphatic rings. The maximum absolute atomic E-state index is 4.35. The summed E-state index contributed by atoms with van der Waals surface area (Å²) in [5.41, 5.74) is 1.37. The van der Waals surface area contributed by atoms with E-state index < -0.39 is 0 Å². The molecule has 4 heteroatoms. The lowest BCUT2D eigenvalue weighted by Crippen LogP contribution is -2.22. The van der Waals surface area contributed by atoms with Gasteiger partial charge in [-0.15, -0.1) is 11.3 Å². The van der Waals surface area contributed by atoms with Gasteiger partial charge in [-0.3, -0.25) is 0 Å². The molecule has 0 radical (unpaired) electrons. The van der Waals surface area contributed by atoms with Crippen molar-refractivity contribution in [1.29, 1.82) is 0 Å². The van der Waals surface area contributed by atoms with Gasteiger partial charge in [-0.1, -0.05) is 19.1 Å². The van der Waals surface area contributed by atoms with E-state index in [0.717, 1.165) is 18.0 Å². The molecule has 1 heterocycles. The third kappa shape index (κ3) is 3.76. The van der Waals surface area contributed by atoms with Crippen molar-refractivity contribution in [2.75, 3.05) is 6.54 Å². The van der Waals surface area contributed by atoms with Crippen molar-refractivity contribution in [3.05, 3.63) is 49.5 Å². The second-order valence-electron chi connectivity index (χ2n) is 4.22. The van der Waals surface area contributed by atoms with Crippen molar-refractivity contribution in [3.63, 3.8) is 0 Å². The number of aromatic nitrogens is 1. The molecule has 0 aliphatic carbocycles. The number of benzene rings is 1. The van der Waals surface area contributed by atoms with E-state index in [-0.39, 0.29) is 0 Å². The highest BCUT2D eigenvalue weighted by molar-refractivity contribution is 14.1. The molecule has 0 saturated heterocycles. The number of nitrogens with zero attached hydrogens (tertiary/aromatic N) is 1. The lowest BCUT2D eigenvalue weighted by atomic mass is 10.1. The van der Waals surface area contributed by atoms with Gasteiger partial charge in [0.2, 0.25) is 0 Å². The molecule has 0 spiro atoms. The Morgan fingerprint density at radius 1 is 1.33 bits per heavy atom. The van der Waals surface area contributed by atoms with Gasteiger partial charge in [-0.2, -0.15) is 0 Å². The van der Waals surface area contributed by atoms with Gasteiger partial charge in [0.05, 0.1) is 5.01 Å². The third-order valence-corrected chi connectivity index (χ3v) is 4.53. The first kappa shape index (κ1) is 14.0. The molecule has 1 unspecified atom stereocenters. The predicted molar refractivity (Wildman–Crippen MR) is 86.1 cm³/mol. The van der Waals surface area contributed by atoms with Crippen LogP contribution in [0.15, 0.2) is 30.5 Å². The second kappa shape index (κ2) is 6.63. The lowest BCUT2D eigenvalue weighted by molar-refractivity contribution is 0.557. The Morgan fingerprint density at radius 3 is 2.61 bits per heavy atom. The highest BCUT2D eigenvalue weighted by Crippen LogP contribution is 2.24. The molecule has 1 N–H and O–H groups in total. The van der Waals surface area contributed by atoms with Crippen LogP contribution in [0.2, 0.25) is 0 Å². The van der Waals surface area contributed by atoms with Gasteiger partial charge >= 0.3 is 0 Å². The highest BCUT2D eigenvalue weighted by Gasteiger charge is 2.13. The molecule has 1 aromatic carbocycles. The quantitative estimate of drug-likeness (QED) is 0.804. The van der Waals surface area contributed by atoms with Crippen molar-refractivity contribution < 1.29 is 0 Å². The Balaban J connectivity index is 2.13. The minimum atomic E-state index is 0.376. The van der Waals surface area contributed by atoms with Gasteiger partial charge in [0, 0.05) is 20.7 Å². The van der Waals surface area contributed by atoms with Gasteiger partial charge in [-0.05, 0) is 60.2 Å². The van der Waals surface area contributed by atoms with E-state index in [4.69, 9.17) is 0 Å². The summed E-state index contributed by atoms with van der Waals surface area (Å²) in [5.74, 6) is 0. The van der Waals surface area contributed by atoms with Crippen LogP contribution >= 0.6 is 33.9 Å². The molecule has 2 nitrogen and oxygen atoms in total. The zero-order valence-electron chi connectivity index (χ0n) is 10.6. The van der Waals surface area contributed by atoms with Gasteiger partial charge in [-0.25, -0.2) is 4.98 Å². The van der Waals surface area contributed by atoms with Crippen molar-refractivity contribution in [3.8, 4) is 0 Å². The van der Waals surface area contributed by atoms with Crippen molar-refractivity contribution >= 4 is 33.9 Å². The number of likely N-dealkylation sites (N-methyl/N-ethyl adjacent to an activating group) is 1. The van der Waals surface area contributed by atoms with E-state index in [9.17, 15) is 0 Å². The maximum Gasteiger partial charge on any atom is 0.0897 e. The SMILES string of the molecule is CCNC(Cc1ccc(I)cc1)c1cnc(C)s1. The summed E-state index contributed by atoms with van der Waals surface area (Å²) in [6.45, 7) is 5.18. The van der Waals surface area contributed by atoms with Crippen LogP contribution < -0.4 is 5.32 Å². The van der Waals surface area contributed by atoms with Gasteiger partial charge in [0.25, 0.3) is 0 Å². The molecule has 1 aromatic heterocycles. The third-order valence-electron chi connectivity index (χ3n) is 2.79. The molecular weight excluding hydrogens is 355 g/mol. The van der Waals surface area contributed by atoms with E-state index in [2.05, 4.69) is 71.0 Å². The van der Waals surface area contributed by atoms with Crippen LogP contribution in [0.5, 0.6) is 0 Å². The lowest BCUT2D eigenvalue weighted by Gasteiger charge is -2.16. The van der Waals surface area contributed by atoms with Crippen molar-refractivity contribution in [2.45, 2.75) is 26.3 Å². The summed E-state index contributed by atoms with van der Waals surface area (Å²) in [4.78, 5) is 5.68. The Bertz CT molecular complexity index is 493. The average molecular weight is 372 g/mol. The molecule has 2 rings (SSSR count). The van der Waals surface area contributed by atoms with Crippen LogP contribution in [-0.2, 0) is 6.42 Å². The molecule has 96 valence electrons. The zero-order valence-corrected chi connectivity index (χ0v) is 13.6. The van der Waals surface area contributed by atoms with Crippen LogP contribution in [0, 0.1) is 10.5 Å². The van der Waals surface area contributed by atoms with Crippen LogP contribution in [0.25, 0.3) is 0 Å². The first-order valence-corrected chi connectivity index (χ1v) is 7.98. The fourth-order valence-electron chi connectivity index (χ4n) is 1.91. The average Bonchev–Trinajstić information content (AvgIpc) is 2.78. The zero-order chi connectivity index (χ0) is 13.0. The number of thiazole rings is 1. The Kier molecular flexibility index (Phi) is 5.14. The Labute approximate surface area is 126 Å². The summed E-state index contributed by atoms with van der Waals surface area (Å²) in [7, 11) is 0. The Hall–Kier alpha value is -0.460. The van der Waals surface area contributed by atoms with Gasteiger partial charge in [0.15, 0.2) is 0 Å². The summed E-state index contributed by atoms with van der Waals surface area (Å²) in [5, 5.41) is 4.68. The molecule has 0 aliphatic heterocycles. The van der Waals surface area contributed by atoms with E-state index in [1.54, 1.807) is 11.3 Å². The maximum atomic E-state index is 4.35. The predicted octanol–water partition coefficient (Wildman–Crippen LogP) is 3.95. The highest BCUT2D eigenvalue weighted by atomic mass is 127. The van der Waals surface area contributed by atoms with E-state index in [0.29, 0.717) is 6.04 Å². The number of halogens is 1. The molecule has 0 saturated carbocycles. The van der Waals surface area contributed by atoms with Crippen LogP contribution in [0.4, 0.5) is 0 Å². The first-order valence-electron chi connectivity index (χ1n) is 6.09. The largest absolute Gasteiger partial charge is 0.309 e. The molecule has 2 aromatic rings. The summed E-state index contributed by atoms with van der Waals surface area (Å²) in [6.07, 6.45) is 3.02. The van der Waals surface area contributed by atoms with Crippen LogP contribution in [-0.4, -0.2) is 11.5 Å². The van der Waals surface area contributed by atoms with Crippen LogP contribution in [0.1, 0.15) is 28.4 Å². The number of hydrogen-bond donors (Lipinski definition) is 1. The standard InChI is InChI=1S/C14H17IN2S/c1-3-16-13(14-9-17-10(2)18-14)8-11-4-6-12(15)7-5-11/h4-7,9,13,16H,3,8H2,1-2H3. The normalized spacial score (nSPS) is 12.6. The fourth-order valence-corrected chi connectivity index (χ4v) is 3.14. The van der Waals surface area contributed by atoms with Gasteiger partial charge < -0.3 is 5.32 Å². The summed E-state index contributed by atoms with van der Waals surface area (Å²) in [6, 6.07) is 9.12. The van der Waals surface area contributed by atoms with Crippen molar-refractivity contribution in [2.24, 2.45) is 0 Å². The minimum Gasteiger partial charge on any atom is -0.309 e. The molecule has 0 amide bonds. The van der Waals surface area contributed by atoms with E-state index in [1.165, 1.54) is 14.0 Å². The summed E-state index contributed by atoms with van der Waals surface area (Å²) >= 11 is 4.12. The molecule has 0 fully saturated rings. The monoisotopic (exact) mass is 372 g/mol. The van der Waals surface area contributed by atoms with E-state index >= 15 is 0 Å².